The molecule has 22 heavy (non-hydrogen) atoms. The Morgan fingerprint density at radius 1 is 0.818 bits per heavy atom. The molecule has 0 amide bonds. The van der Waals surface area contributed by atoms with Gasteiger partial charge < -0.3 is 0 Å². The third-order valence-electron chi connectivity index (χ3n) is 4.19. The van der Waals surface area contributed by atoms with Gasteiger partial charge >= 0.3 is 0 Å². The van der Waals surface area contributed by atoms with Crippen molar-refractivity contribution in [3.8, 4) is 22.5 Å². The van der Waals surface area contributed by atoms with Crippen LogP contribution in [0.15, 0.2) is 60.7 Å². The molecule has 1 aromatic heterocycles. The molecular formula is C20H23N2+. The summed E-state index contributed by atoms with van der Waals surface area (Å²) < 4.78 is 4.67. The van der Waals surface area contributed by atoms with E-state index in [1.165, 1.54) is 28.3 Å². The van der Waals surface area contributed by atoms with E-state index in [4.69, 9.17) is 0 Å². The monoisotopic (exact) mass is 291 g/mol. The van der Waals surface area contributed by atoms with Crippen molar-refractivity contribution in [2.45, 2.75) is 19.8 Å². The van der Waals surface area contributed by atoms with E-state index < -0.39 is 0 Å². The van der Waals surface area contributed by atoms with Crippen LogP contribution in [0.4, 0.5) is 0 Å². The summed E-state index contributed by atoms with van der Waals surface area (Å²) in [5, 5.41) is 0. The second-order valence-corrected chi connectivity index (χ2v) is 6.06. The lowest BCUT2D eigenvalue weighted by Gasteiger charge is -2.02. The van der Waals surface area contributed by atoms with Gasteiger partial charge in [0.05, 0.1) is 20.0 Å². The van der Waals surface area contributed by atoms with E-state index in [-0.39, 0.29) is 0 Å². The number of imidazole rings is 1. The molecule has 1 heterocycles. The molecule has 0 saturated carbocycles. The summed E-state index contributed by atoms with van der Waals surface area (Å²) in [4.78, 5) is 0. The molecule has 112 valence electrons. The Balaban J connectivity index is 2.35. The summed E-state index contributed by atoms with van der Waals surface area (Å²) in [5.41, 5.74) is 5.06. The van der Waals surface area contributed by atoms with Crippen LogP contribution >= 0.6 is 0 Å². The number of aromatic nitrogens is 2. The minimum atomic E-state index is 0.468. The molecule has 2 heteroatoms. The largest absolute Gasteiger partial charge is 0.259 e. The highest BCUT2D eigenvalue weighted by Crippen LogP contribution is 2.32. The van der Waals surface area contributed by atoms with E-state index in [2.05, 4.69) is 97.7 Å². The average Bonchev–Trinajstić information content (AvgIpc) is 2.80. The highest BCUT2D eigenvalue weighted by atomic mass is 15.2. The van der Waals surface area contributed by atoms with E-state index in [1.807, 2.05) is 0 Å². The molecule has 0 N–H and O–H groups in total. The fourth-order valence-electron chi connectivity index (χ4n) is 3.40. The Hall–Kier alpha value is -2.35. The van der Waals surface area contributed by atoms with Gasteiger partial charge in [0.1, 0.15) is 0 Å². The predicted octanol–water partition coefficient (Wildman–Crippen LogP) is 4.31. The lowest BCUT2D eigenvalue weighted by Crippen LogP contribution is -2.35. The smallest absolute Gasteiger partial charge is 0.229 e. The van der Waals surface area contributed by atoms with Crippen LogP contribution in [-0.4, -0.2) is 4.57 Å². The summed E-state index contributed by atoms with van der Waals surface area (Å²) in [5.74, 6) is 1.80. The third-order valence-corrected chi connectivity index (χ3v) is 4.19. The highest BCUT2D eigenvalue weighted by molar-refractivity contribution is 5.76. The maximum atomic E-state index is 2.34. The molecule has 3 rings (SSSR count). The van der Waals surface area contributed by atoms with E-state index in [1.54, 1.807) is 0 Å². The molecule has 0 aliphatic heterocycles. The van der Waals surface area contributed by atoms with Crippen molar-refractivity contribution in [1.82, 2.24) is 4.57 Å². The first-order chi connectivity index (χ1) is 10.6. The van der Waals surface area contributed by atoms with Crippen molar-refractivity contribution >= 4 is 0 Å². The standard InChI is InChI=1S/C20H23N2/c1-15(2)20-21(3)18(16-11-7-5-8-12-16)19(22(20)4)17-13-9-6-10-14-17/h5-15H,1-4H3/q+1. The van der Waals surface area contributed by atoms with E-state index in [0.717, 1.165) is 0 Å². The normalized spacial score (nSPS) is 11.1. The van der Waals surface area contributed by atoms with Gasteiger partial charge in [-0.1, -0.05) is 74.5 Å². The quantitative estimate of drug-likeness (QED) is 0.636. The lowest BCUT2D eigenvalue weighted by atomic mass is 10.0. The Kier molecular flexibility index (Phi) is 3.84. The summed E-state index contributed by atoms with van der Waals surface area (Å²) in [6.45, 7) is 4.50. The number of nitrogens with zero attached hydrogens (tertiary/aromatic N) is 2. The zero-order chi connectivity index (χ0) is 15.7. The van der Waals surface area contributed by atoms with Crippen molar-refractivity contribution < 1.29 is 4.57 Å². The third kappa shape index (κ3) is 2.35. The summed E-state index contributed by atoms with van der Waals surface area (Å²) in [6.07, 6.45) is 0. The zero-order valence-electron chi connectivity index (χ0n) is 13.7. The van der Waals surface area contributed by atoms with Gasteiger partial charge in [0.15, 0.2) is 11.4 Å². The number of benzene rings is 2. The molecule has 0 radical (unpaired) electrons. The molecule has 0 unspecified atom stereocenters. The van der Waals surface area contributed by atoms with Crippen LogP contribution in [0.1, 0.15) is 25.6 Å². The van der Waals surface area contributed by atoms with Gasteiger partial charge in [-0.05, 0) is 0 Å². The SMILES string of the molecule is CC(C)c1n(C)c(-c2ccccc2)c(-c2ccccc2)[n+]1C. The molecule has 2 nitrogen and oxygen atoms in total. The van der Waals surface area contributed by atoms with Gasteiger partial charge in [0, 0.05) is 11.1 Å². The molecule has 0 fully saturated rings. The molecule has 0 bridgehead atoms. The molecule has 2 aromatic carbocycles. The van der Waals surface area contributed by atoms with Crippen molar-refractivity contribution in [3.05, 3.63) is 66.5 Å². The van der Waals surface area contributed by atoms with Crippen molar-refractivity contribution in [2.24, 2.45) is 14.1 Å². The number of rotatable bonds is 3. The van der Waals surface area contributed by atoms with Crippen molar-refractivity contribution in [3.63, 3.8) is 0 Å². The minimum Gasteiger partial charge on any atom is -0.229 e. The van der Waals surface area contributed by atoms with Gasteiger partial charge in [0.2, 0.25) is 0 Å². The Bertz CT molecular complexity index is 705. The fourth-order valence-corrected chi connectivity index (χ4v) is 3.40. The highest BCUT2D eigenvalue weighted by Gasteiger charge is 2.29. The summed E-state index contributed by atoms with van der Waals surface area (Å²) >= 11 is 0. The average molecular weight is 291 g/mol. The summed E-state index contributed by atoms with van der Waals surface area (Å²) in [6, 6.07) is 21.3. The molecule has 0 spiro atoms. The van der Waals surface area contributed by atoms with Crippen LogP contribution in [0, 0.1) is 0 Å². The zero-order valence-corrected chi connectivity index (χ0v) is 13.7. The van der Waals surface area contributed by atoms with Crippen LogP contribution in [-0.2, 0) is 14.1 Å². The van der Waals surface area contributed by atoms with Gasteiger partial charge in [-0.15, -0.1) is 0 Å². The second kappa shape index (κ2) is 5.80. The molecule has 0 aliphatic rings. The maximum absolute atomic E-state index is 2.34. The Morgan fingerprint density at radius 3 is 1.82 bits per heavy atom. The first-order valence-electron chi connectivity index (χ1n) is 7.80. The minimum absolute atomic E-state index is 0.468. The van der Waals surface area contributed by atoms with Crippen molar-refractivity contribution in [1.29, 1.82) is 0 Å². The Labute approximate surface area is 132 Å². The summed E-state index contributed by atoms with van der Waals surface area (Å²) in [7, 11) is 4.34. The van der Waals surface area contributed by atoms with Crippen LogP contribution in [0.5, 0.6) is 0 Å². The van der Waals surface area contributed by atoms with Gasteiger partial charge in [0.25, 0.3) is 5.82 Å². The molecular weight excluding hydrogens is 268 g/mol. The van der Waals surface area contributed by atoms with Crippen LogP contribution in [0.2, 0.25) is 0 Å². The Morgan fingerprint density at radius 2 is 1.32 bits per heavy atom. The topological polar surface area (TPSA) is 8.81 Å². The fraction of sp³-hybridized carbons (Fsp3) is 0.250. The molecule has 0 saturated heterocycles. The lowest BCUT2D eigenvalue weighted by molar-refractivity contribution is -0.669. The second-order valence-electron chi connectivity index (χ2n) is 6.06. The molecule has 0 aliphatic carbocycles. The van der Waals surface area contributed by atoms with E-state index in [9.17, 15) is 0 Å². The number of hydrogen-bond donors (Lipinski definition) is 0. The van der Waals surface area contributed by atoms with Crippen molar-refractivity contribution in [2.75, 3.05) is 0 Å². The van der Waals surface area contributed by atoms with Gasteiger partial charge in [-0.25, -0.2) is 9.13 Å². The van der Waals surface area contributed by atoms with Gasteiger partial charge in [-0.3, -0.25) is 0 Å². The van der Waals surface area contributed by atoms with Crippen LogP contribution < -0.4 is 4.57 Å². The first-order valence-corrected chi connectivity index (χ1v) is 7.80. The first kappa shape index (κ1) is 14.6. The maximum Gasteiger partial charge on any atom is 0.259 e. The molecule has 0 atom stereocenters. The van der Waals surface area contributed by atoms with E-state index >= 15 is 0 Å². The van der Waals surface area contributed by atoms with Crippen LogP contribution in [0.25, 0.3) is 22.5 Å². The van der Waals surface area contributed by atoms with E-state index in [0.29, 0.717) is 5.92 Å². The van der Waals surface area contributed by atoms with Gasteiger partial charge in [-0.2, -0.15) is 0 Å². The van der Waals surface area contributed by atoms with Crippen LogP contribution in [0.3, 0.4) is 0 Å². The number of hydrogen-bond acceptors (Lipinski definition) is 0. The molecule has 3 aromatic rings. The predicted molar refractivity (Wildman–Crippen MR) is 91.6 cm³/mol.